The number of phenolic OH excluding ortho intramolecular Hbond substituents is 1. The van der Waals surface area contributed by atoms with E-state index < -0.39 is 23.7 Å². The number of fused-ring (bicyclic) bond motifs is 1. The van der Waals surface area contributed by atoms with Gasteiger partial charge in [0.15, 0.2) is 11.4 Å². The summed E-state index contributed by atoms with van der Waals surface area (Å²) in [5.74, 6) is -1.21. The molecule has 1 aliphatic rings. The second-order valence-corrected chi connectivity index (χ2v) is 6.87. The van der Waals surface area contributed by atoms with Crippen LogP contribution in [0, 0.1) is 0 Å². The Morgan fingerprint density at radius 3 is 2.29 bits per heavy atom. The van der Waals surface area contributed by atoms with E-state index in [4.69, 9.17) is 0 Å². The third-order valence-corrected chi connectivity index (χ3v) is 5.04. The van der Waals surface area contributed by atoms with E-state index in [1.807, 2.05) is 30.3 Å². The fourth-order valence-corrected chi connectivity index (χ4v) is 3.64. The standard InChI is InChI=1S/C23H19NO4/c25-20-13-7-4-10-17(20)21(26)14-23(28)18-11-5-6-12-19(18)24(22(23)27)15-16-8-2-1-3-9-16/h1-13,25,28H,14-15H2/t23-/m1/s1. The second-order valence-electron chi connectivity index (χ2n) is 6.87. The molecule has 1 amide bonds. The third kappa shape index (κ3) is 2.96. The van der Waals surface area contributed by atoms with Gasteiger partial charge in [-0.25, -0.2) is 0 Å². The highest BCUT2D eigenvalue weighted by atomic mass is 16.3. The molecule has 1 aliphatic heterocycles. The molecule has 0 spiro atoms. The van der Waals surface area contributed by atoms with Crippen molar-refractivity contribution < 1.29 is 19.8 Å². The molecule has 0 unspecified atom stereocenters. The van der Waals surface area contributed by atoms with Gasteiger partial charge < -0.3 is 15.1 Å². The van der Waals surface area contributed by atoms with E-state index in [-0.39, 0.29) is 11.3 Å². The first kappa shape index (κ1) is 17.9. The number of aromatic hydroxyl groups is 1. The van der Waals surface area contributed by atoms with Crippen molar-refractivity contribution in [2.45, 2.75) is 18.6 Å². The number of para-hydroxylation sites is 2. The maximum absolute atomic E-state index is 13.2. The topological polar surface area (TPSA) is 77.8 Å². The van der Waals surface area contributed by atoms with E-state index in [1.165, 1.54) is 17.0 Å². The van der Waals surface area contributed by atoms with Crippen LogP contribution in [0.4, 0.5) is 5.69 Å². The molecule has 0 fully saturated rings. The van der Waals surface area contributed by atoms with Gasteiger partial charge in [0, 0.05) is 5.56 Å². The van der Waals surface area contributed by atoms with Gasteiger partial charge in [0.05, 0.1) is 24.2 Å². The number of carbonyl (C=O) groups is 2. The van der Waals surface area contributed by atoms with Crippen molar-refractivity contribution in [3.8, 4) is 5.75 Å². The number of amides is 1. The van der Waals surface area contributed by atoms with Crippen molar-refractivity contribution in [2.24, 2.45) is 0 Å². The number of ketones is 1. The Morgan fingerprint density at radius 1 is 0.893 bits per heavy atom. The van der Waals surface area contributed by atoms with E-state index in [9.17, 15) is 19.8 Å². The van der Waals surface area contributed by atoms with Crippen molar-refractivity contribution in [1.82, 2.24) is 0 Å². The molecule has 28 heavy (non-hydrogen) atoms. The fraction of sp³-hybridized carbons (Fsp3) is 0.130. The number of nitrogens with zero attached hydrogens (tertiary/aromatic N) is 1. The predicted molar refractivity (Wildman–Crippen MR) is 105 cm³/mol. The van der Waals surface area contributed by atoms with Crippen LogP contribution in [0.2, 0.25) is 0 Å². The summed E-state index contributed by atoms with van der Waals surface area (Å²) in [6.07, 6.45) is -0.439. The number of aliphatic hydroxyl groups is 1. The zero-order chi connectivity index (χ0) is 19.7. The highest BCUT2D eigenvalue weighted by Crippen LogP contribution is 2.43. The number of rotatable bonds is 5. The Balaban J connectivity index is 1.70. The van der Waals surface area contributed by atoms with Crippen LogP contribution < -0.4 is 4.90 Å². The number of benzene rings is 3. The largest absolute Gasteiger partial charge is 0.507 e. The lowest BCUT2D eigenvalue weighted by molar-refractivity contribution is -0.136. The Hall–Kier alpha value is -3.44. The number of phenols is 1. The van der Waals surface area contributed by atoms with Gasteiger partial charge >= 0.3 is 0 Å². The normalized spacial score (nSPS) is 18.2. The Kier molecular flexibility index (Phi) is 4.45. The summed E-state index contributed by atoms with van der Waals surface area (Å²) in [7, 11) is 0. The minimum Gasteiger partial charge on any atom is -0.507 e. The SMILES string of the molecule is O=C(C[C@]1(O)C(=O)N(Cc2ccccc2)c2ccccc21)c1ccccc1O. The van der Waals surface area contributed by atoms with Gasteiger partial charge in [-0.2, -0.15) is 0 Å². The maximum atomic E-state index is 13.2. The van der Waals surface area contributed by atoms with Crippen LogP contribution in [0.3, 0.4) is 0 Å². The average Bonchev–Trinajstić information content (AvgIpc) is 2.91. The molecule has 0 aliphatic carbocycles. The summed E-state index contributed by atoms with van der Waals surface area (Å²) < 4.78 is 0. The first-order chi connectivity index (χ1) is 13.5. The monoisotopic (exact) mass is 373 g/mol. The second kappa shape index (κ2) is 6.94. The molecule has 2 N–H and O–H groups in total. The minimum atomic E-state index is -1.97. The van der Waals surface area contributed by atoms with Crippen LogP contribution in [0.15, 0.2) is 78.9 Å². The molecule has 0 saturated carbocycles. The third-order valence-electron chi connectivity index (χ3n) is 5.04. The van der Waals surface area contributed by atoms with Gasteiger partial charge in [-0.05, 0) is 23.8 Å². The molecule has 3 aromatic rings. The molecular weight excluding hydrogens is 354 g/mol. The first-order valence-corrected chi connectivity index (χ1v) is 8.99. The van der Waals surface area contributed by atoms with E-state index in [0.29, 0.717) is 17.8 Å². The quantitative estimate of drug-likeness (QED) is 0.672. The van der Waals surface area contributed by atoms with Gasteiger partial charge in [-0.15, -0.1) is 0 Å². The number of hydrogen-bond donors (Lipinski definition) is 2. The van der Waals surface area contributed by atoms with Crippen LogP contribution in [-0.4, -0.2) is 21.9 Å². The zero-order valence-electron chi connectivity index (χ0n) is 15.1. The molecule has 1 atom stereocenters. The Morgan fingerprint density at radius 2 is 1.54 bits per heavy atom. The van der Waals surface area contributed by atoms with Gasteiger partial charge in [0.25, 0.3) is 5.91 Å². The molecular formula is C23H19NO4. The summed E-state index contributed by atoms with van der Waals surface area (Å²) in [4.78, 5) is 27.5. The van der Waals surface area contributed by atoms with Crippen LogP contribution in [0.5, 0.6) is 5.75 Å². The zero-order valence-corrected chi connectivity index (χ0v) is 15.1. The van der Waals surface area contributed by atoms with Crippen LogP contribution in [-0.2, 0) is 16.9 Å². The lowest BCUT2D eigenvalue weighted by Gasteiger charge is -2.23. The predicted octanol–water partition coefficient (Wildman–Crippen LogP) is 3.40. The molecule has 3 aromatic carbocycles. The molecule has 0 aromatic heterocycles. The highest BCUT2D eigenvalue weighted by Gasteiger charge is 2.50. The molecule has 5 nitrogen and oxygen atoms in total. The van der Waals surface area contributed by atoms with E-state index in [1.54, 1.807) is 36.4 Å². The molecule has 140 valence electrons. The van der Waals surface area contributed by atoms with Crippen LogP contribution in [0.1, 0.15) is 27.9 Å². The fourth-order valence-electron chi connectivity index (χ4n) is 3.64. The molecule has 1 heterocycles. The summed E-state index contributed by atoms with van der Waals surface area (Å²) in [5, 5.41) is 21.2. The lowest BCUT2D eigenvalue weighted by Crippen LogP contribution is -2.41. The molecule has 0 bridgehead atoms. The van der Waals surface area contributed by atoms with E-state index in [2.05, 4.69) is 0 Å². The van der Waals surface area contributed by atoms with Crippen molar-refractivity contribution in [1.29, 1.82) is 0 Å². The van der Waals surface area contributed by atoms with E-state index >= 15 is 0 Å². The van der Waals surface area contributed by atoms with Gasteiger partial charge in [0.1, 0.15) is 5.75 Å². The van der Waals surface area contributed by atoms with Crippen LogP contribution in [0.25, 0.3) is 0 Å². The summed E-state index contributed by atoms with van der Waals surface area (Å²) in [5.41, 5.74) is 0.0263. The number of Topliss-reactive ketones (excluding diaryl/α,β-unsaturated/α-hetero) is 1. The summed E-state index contributed by atoms with van der Waals surface area (Å²) in [6, 6.07) is 22.5. The Labute approximate surface area is 162 Å². The lowest BCUT2D eigenvalue weighted by atomic mass is 9.88. The Bertz CT molecular complexity index is 1050. The highest BCUT2D eigenvalue weighted by molar-refractivity contribution is 6.11. The maximum Gasteiger partial charge on any atom is 0.264 e. The van der Waals surface area contributed by atoms with Gasteiger partial charge in [-0.3, -0.25) is 9.59 Å². The number of anilines is 1. The minimum absolute atomic E-state index is 0.0858. The first-order valence-electron chi connectivity index (χ1n) is 8.99. The van der Waals surface area contributed by atoms with Gasteiger partial charge in [-0.1, -0.05) is 60.7 Å². The van der Waals surface area contributed by atoms with Crippen LogP contribution >= 0.6 is 0 Å². The van der Waals surface area contributed by atoms with E-state index in [0.717, 1.165) is 5.56 Å². The number of hydrogen-bond acceptors (Lipinski definition) is 4. The summed E-state index contributed by atoms with van der Waals surface area (Å²) >= 11 is 0. The molecule has 4 rings (SSSR count). The molecule has 0 saturated heterocycles. The van der Waals surface area contributed by atoms with Crippen molar-refractivity contribution in [3.05, 3.63) is 95.6 Å². The summed E-state index contributed by atoms with van der Waals surface area (Å²) in [6.45, 7) is 0.295. The number of carbonyl (C=O) groups excluding carboxylic acids is 2. The molecule has 5 heteroatoms. The molecule has 0 radical (unpaired) electrons. The van der Waals surface area contributed by atoms with Gasteiger partial charge in [0.2, 0.25) is 0 Å². The van der Waals surface area contributed by atoms with Crippen molar-refractivity contribution in [2.75, 3.05) is 4.90 Å². The smallest absolute Gasteiger partial charge is 0.264 e. The van der Waals surface area contributed by atoms with Crippen molar-refractivity contribution >= 4 is 17.4 Å². The van der Waals surface area contributed by atoms with Crippen molar-refractivity contribution in [3.63, 3.8) is 0 Å². The average molecular weight is 373 g/mol.